The van der Waals surface area contributed by atoms with E-state index in [0.29, 0.717) is 0 Å². The molecule has 2 heterocycles. The van der Waals surface area contributed by atoms with Gasteiger partial charge in [0.2, 0.25) is 5.91 Å². The number of rotatable bonds is 6. The molecule has 0 spiro atoms. The Bertz CT molecular complexity index is 386. The standard InChI is InChI=1S/C20H37N3O.ClH/c24-19(8-7-18-9-13-21-14-10-18)22-17-20(11-3-1-4-12-20)23-15-5-2-6-16-23;/h18,21H,1-17H2,(H,22,24);1H. The van der Waals surface area contributed by atoms with E-state index >= 15 is 0 Å². The van der Waals surface area contributed by atoms with E-state index < -0.39 is 0 Å². The molecule has 0 aromatic rings. The molecule has 1 saturated carbocycles. The molecule has 0 radical (unpaired) electrons. The van der Waals surface area contributed by atoms with Crippen LogP contribution in [0.15, 0.2) is 0 Å². The quantitative estimate of drug-likeness (QED) is 0.751. The molecule has 2 saturated heterocycles. The highest BCUT2D eigenvalue weighted by molar-refractivity contribution is 5.85. The van der Waals surface area contributed by atoms with Crippen molar-refractivity contribution in [2.45, 2.75) is 82.6 Å². The van der Waals surface area contributed by atoms with Crippen molar-refractivity contribution in [2.75, 3.05) is 32.7 Å². The summed E-state index contributed by atoms with van der Waals surface area (Å²) in [5, 5.41) is 6.74. The van der Waals surface area contributed by atoms with Gasteiger partial charge in [0.15, 0.2) is 0 Å². The van der Waals surface area contributed by atoms with Gasteiger partial charge in [-0.2, -0.15) is 0 Å². The lowest BCUT2D eigenvalue weighted by Gasteiger charge is -2.48. The second-order valence-electron chi connectivity index (χ2n) is 8.34. The molecule has 2 aliphatic heterocycles. The van der Waals surface area contributed by atoms with Crippen molar-refractivity contribution in [3.8, 4) is 0 Å². The topological polar surface area (TPSA) is 44.4 Å². The number of nitrogens with zero attached hydrogens (tertiary/aromatic N) is 1. The van der Waals surface area contributed by atoms with Crippen LogP contribution < -0.4 is 10.6 Å². The molecule has 5 heteroatoms. The van der Waals surface area contributed by atoms with Crippen molar-refractivity contribution >= 4 is 18.3 Å². The number of carbonyl (C=O) groups excluding carboxylic acids is 1. The predicted octanol–water partition coefficient (Wildman–Crippen LogP) is 3.49. The minimum Gasteiger partial charge on any atom is -0.354 e. The Kier molecular flexibility index (Phi) is 9.01. The summed E-state index contributed by atoms with van der Waals surface area (Å²) in [5.41, 5.74) is 0.267. The molecule has 0 aromatic carbocycles. The number of nitrogens with one attached hydrogen (secondary N) is 2. The fraction of sp³-hybridized carbons (Fsp3) is 0.950. The van der Waals surface area contributed by atoms with E-state index in [0.717, 1.165) is 38.4 Å². The predicted molar refractivity (Wildman–Crippen MR) is 106 cm³/mol. The molecule has 1 aliphatic carbocycles. The first-order valence-corrected chi connectivity index (χ1v) is 10.5. The highest BCUT2D eigenvalue weighted by Crippen LogP contribution is 2.35. The summed E-state index contributed by atoms with van der Waals surface area (Å²) in [6, 6.07) is 0. The van der Waals surface area contributed by atoms with Crippen LogP contribution in [0.3, 0.4) is 0 Å². The SMILES string of the molecule is Cl.O=C(CCC1CCNCC1)NCC1(N2CCCCC2)CCCCC1. The van der Waals surface area contributed by atoms with E-state index in [4.69, 9.17) is 0 Å². The van der Waals surface area contributed by atoms with E-state index in [-0.39, 0.29) is 23.9 Å². The molecule has 3 aliphatic rings. The van der Waals surface area contributed by atoms with Gasteiger partial charge in [-0.1, -0.05) is 25.7 Å². The van der Waals surface area contributed by atoms with E-state index in [9.17, 15) is 4.79 Å². The van der Waals surface area contributed by atoms with Crippen LogP contribution in [0, 0.1) is 5.92 Å². The molecular weight excluding hydrogens is 334 g/mol. The highest BCUT2D eigenvalue weighted by atomic mass is 35.5. The number of amides is 1. The van der Waals surface area contributed by atoms with Gasteiger partial charge in [-0.05, 0) is 77.0 Å². The third-order valence-corrected chi connectivity index (χ3v) is 6.66. The van der Waals surface area contributed by atoms with Crippen molar-refractivity contribution < 1.29 is 4.79 Å². The van der Waals surface area contributed by atoms with Crippen LogP contribution in [0.25, 0.3) is 0 Å². The van der Waals surface area contributed by atoms with Crippen molar-refractivity contribution in [1.82, 2.24) is 15.5 Å². The Hall–Kier alpha value is -0.320. The minimum atomic E-state index is 0. The molecule has 0 atom stereocenters. The van der Waals surface area contributed by atoms with Crippen LogP contribution in [0.5, 0.6) is 0 Å². The third-order valence-electron chi connectivity index (χ3n) is 6.66. The number of halogens is 1. The van der Waals surface area contributed by atoms with Crippen LogP contribution >= 0.6 is 12.4 Å². The number of piperidine rings is 2. The maximum absolute atomic E-state index is 12.4. The summed E-state index contributed by atoms with van der Waals surface area (Å²) in [5.74, 6) is 1.04. The fourth-order valence-corrected chi connectivity index (χ4v) is 5.04. The average Bonchev–Trinajstić information content (AvgIpc) is 2.67. The first-order chi connectivity index (χ1) is 11.8. The zero-order chi connectivity index (χ0) is 16.7. The molecule has 0 unspecified atom stereocenters. The van der Waals surface area contributed by atoms with Crippen LogP contribution in [0.2, 0.25) is 0 Å². The van der Waals surface area contributed by atoms with Gasteiger partial charge >= 0.3 is 0 Å². The zero-order valence-corrected chi connectivity index (χ0v) is 16.7. The highest BCUT2D eigenvalue weighted by Gasteiger charge is 2.38. The van der Waals surface area contributed by atoms with Gasteiger partial charge in [-0.15, -0.1) is 12.4 Å². The second-order valence-corrected chi connectivity index (χ2v) is 8.34. The number of likely N-dealkylation sites (tertiary alicyclic amines) is 1. The summed E-state index contributed by atoms with van der Waals surface area (Å²) < 4.78 is 0. The van der Waals surface area contributed by atoms with E-state index in [1.54, 1.807) is 0 Å². The maximum atomic E-state index is 12.4. The lowest BCUT2D eigenvalue weighted by molar-refractivity contribution is -0.122. The van der Waals surface area contributed by atoms with E-state index in [1.165, 1.54) is 77.3 Å². The Balaban J connectivity index is 0.00000225. The molecule has 3 rings (SSSR count). The lowest BCUT2D eigenvalue weighted by atomic mass is 9.79. The van der Waals surface area contributed by atoms with Gasteiger partial charge in [-0.25, -0.2) is 0 Å². The summed E-state index contributed by atoms with van der Waals surface area (Å²) in [6.07, 6.45) is 14.9. The fourth-order valence-electron chi connectivity index (χ4n) is 5.04. The number of carbonyl (C=O) groups is 1. The number of hydrogen-bond donors (Lipinski definition) is 2. The van der Waals surface area contributed by atoms with E-state index in [2.05, 4.69) is 15.5 Å². The molecular formula is C20H38ClN3O. The minimum absolute atomic E-state index is 0. The van der Waals surface area contributed by atoms with Crippen LogP contribution in [-0.2, 0) is 4.79 Å². The van der Waals surface area contributed by atoms with Crippen molar-refractivity contribution in [1.29, 1.82) is 0 Å². The molecule has 1 amide bonds. The van der Waals surface area contributed by atoms with Gasteiger partial charge in [-0.3, -0.25) is 9.69 Å². The summed E-state index contributed by atoms with van der Waals surface area (Å²) in [6.45, 7) is 5.63. The maximum Gasteiger partial charge on any atom is 0.220 e. The summed E-state index contributed by atoms with van der Waals surface area (Å²) >= 11 is 0. The monoisotopic (exact) mass is 371 g/mol. The lowest BCUT2D eigenvalue weighted by Crippen LogP contribution is -2.58. The first kappa shape index (κ1) is 21.0. The van der Waals surface area contributed by atoms with Crippen LogP contribution in [-0.4, -0.2) is 49.1 Å². The Labute approximate surface area is 160 Å². The summed E-state index contributed by atoms with van der Waals surface area (Å²) in [7, 11) is 0. The smallest absolute Gasteiger partial charge is 0.220 e. The third kappa shape index (κ3) is 6.11. The normalized spacial score (nSPS) is 25.1. The van der Waals surface area contributed by atoms with E-state index in [1.807, 2.05) is 0 Å². The molecule has 2 N–H and O–H groups in total. The van der Waals surface area contributed by atoms with Gasteiger partial charge < -0.3 is 10.6 Å². The van der Waals surface area contributed by atoms with Gasteiger partial charge in [0.1, 0.15) is 0 Å². The Morgan fingerprint density at radius 1 is 1.00 bits per heavy atom. The van der Waals surface area contributed by atoms with Gasteiger partial charge in [0.05, 0.1) is 0 Å². The van der Waals surface area contributed by atoms with Crippen molar-refractivity contribution in [2.24, 2.45) is 5.92 Å². The Morgan fingerprint density at radius 3 is 2.32 bits per heavy atom. The molecule has 4 nitrogen and oxygen atoms in total. The number of hydrogen-bond acceptors (Lipinski definition) is 3. The molecule has 0 aromatic heterocycles. The molecule has 0 bridgehead atoms. The van der Waals surface area contributed by atoms with Gasteiger partial charge in [0.25, 0.3) is 0 Å². The van der Waals surface area contributed by atoms with Crippen molar-refractivity contribution in [3.05, 3.63) is 0 Å². The zero-order valence-electron chi connectivity index (χ0n) is 15.9. The van der Waals surface area contributed by atoms with Crippen LogP contribution in [0.4, 0.5) is 0 Å². The molecule has 3 fully saturated rings. The van der Waals surface area contributed by atoms with Gasteiger partial charge in [0, 0.05) is 18.5 Å². The average molecular weight is 372 g/mol. The molecule has 146 valence electrons. The van der Waals surface area contributed by atoms with Crippen molar-refractivity contribution in [3.63, 3.8) is 0 Å². The molecule has 25 heavy (non-hydrogen) atoms. The summed E-state index contributed by atoms with van der Waals surface area (Å²) in [4.78, 5) is 15.1. The van der Waals surface area contributed by atoms with Crippen LogP contribution in [0.1, 0.15) is 77.0 Å². The first-order valence-electron chi connectivity index (χ1n) is 10.5. The second kappa shape index (κ2) is 10.7. The Morgan fingerprint density at radius 2 is 1.64 bits per heavy atom. The largest absolute Gasteiger partial charge is 0.354 e.